The highest BCUT2D eigenvalue weighted by Crippen LogP contribution is 2.32. The molecule has 1 aliphatic heterocycles. The van der Waals surface area contributed by atoms with Crippen molar-refractivity contribution < 1.29 is 9.53 Å². The molecule has 5 nitrogen and oxygen atoms in total. The van der Waals surface area contributed by atoms with Gasteiger partial charge in [-0.05, 0) is 31.4 Å². The molecule has 0 bridgehead atoms. The summed E-state index contributed by atoms with van der Waals surface area (Å²) >= 11 is 3.16. The molecule has 23 heavy (non-hydrogen) atoms. The van der Waals surface area contributed by atoms with Gasteiger partial charge in [0.2, 0.25) is 0 Å². The standard InChI is InChI=1S/C16H17N3O2S2/c1-10-15(23-16(18-10)11-4-3-7-17-8-11)19-14(20)13-6-5-12(21-13)9-22-2/h3-4,6-8,12H,5,9H2,1-2H3,(H,19,20). The van der Waals surface area contributed by atoms with Crippen molar-refractivity contribution in [3.8, 4) is 10.6 Å². The fourth-order valence-electron chi connectivity index (χ4n) is 2.24. The lowest BCUT2D eigenvalue weighted by Gasteiger charge is -2.11. The van der Waals surface area contributed by atoms with E-state index in [2.05, 4.69) is 15.3 Å². The Morgan fingerprint density at radius 3 is 3.17 bits per heavy atom. The fourth-order valence-corrected chi connectivity index (χ4v) is 3.77. The molecule has 1 atom stereocenters. The van der Waals surface area contributed by atoms with Crippen LogP contribution in [-0.2, 0) is 9.53 Å². The Balaban J connectivity index is 1.69. The van der Waals surface area contributed by atoms with Gasteiger partial charge in [0.15, 0.2) is 5.76 Å². The molecule has 120 valence electrons. The number of aryl methyl sites for hydroxylation is 1. The predicted molar refractivity (Wildman–Crippen MR) is 94.7 cm³/mol. The number of nitrogens with zero attached hydrogens (tertiary/aromatic N) is 2. The van der Waals surface area contributed by atoms with Crippen LogP contribution in [-0.4, -0.2) is 34.0 Å². The summed E-state index contributed by atoms with van der Waals surface area (Å²) in [7, 11) is 0. The molecule has 2 aromatic rings. The van der Waals surface area contributed by atoms with Gasteiger partial charge in [-0.25, -0.2) is 4.98 Å². The van der Waals surface area contributed by atoms with Gasteiger partial charge in [-0.2, -0.15) is 11.8 Å². The van der Waals surface area contributed by atoms with Crippen LogP contribution in [0.1, 0.15) is 12.1 Å². The maximum absolute atomic E-state index is 12.3. The van der Waals surface area contributed by atoms with Crippen LogP contribution in [0.15, 0.2) is 36.4 Å². The third-order valence-corrected chi connectivity index (χ3v) is 5.20. The summed E-state index contributed by atoms with van der Waals surface area (Å²) in [5, 5.41) is 4.48. The molecule has 1 amide bonds. The van der Waals surface area contributed by atoms with Crippen molar-refractivity contribution in [1.29, 1.82) is 0 Å². The van der Waals surface area contributed by atoms with E-state index in [1.54, 1.807) is 24.2 Å². The number of carbonyl (C=O) groups is 1. The largest absolute Gasteiger partial charge is 0.484 e. The van der Waals surface area contributed by atoms with Gasteiger partial charge in [-0.3, -0.25) is 9.78 Å². The van der Waals surface area contributed by atoms with Gasteiger partial charge >= 0.3 is 0 Å². The van der Waals surface area contributed by atoms with Gasteiger partial charge in [-0.1, -0.05) is 11.3 Å². The van der Waals surface area contributed by atoms with Crippen LogP contribution < -0.4 is 5.32 Å². The molecule has 1 aliphatic rings. The number of hydrogen-bond acceptors (Lipinski definition) is 6. The number of thioether (sulfide) groups is 1. The van der Waals surface area contributed by atoms with E-state index in [9.17, 15) is 4.79 Å². The van der Waals surface area contributed by atoms with Crippen molar-refractivity contribution in [3.63, 3.8) is 0 Å². The highest BCUT2D eigenvalue weighted by atomic mass is 32.2. The van der Waals surface area contributed by atoms with Gasteiger partial charge in [-0.15, -0.1) is 0 Å². The molecule has 0 radical (unpaired) electrons. The number of pyridine rings is 1. The van der Waals surface area contributed by atoms with Crippen molar-refractivity contribution in [3.05, 3.63) is 42.1 Å². The highest BCUT2D eigenvalue weighted by Gasteiger charge is 2.24. The number of hydrogen-bond donors (Lipinski definition) is 1. The fraction of sp³-hybridized carbons (Fsp3) is 0.312. The summed E-state index contributed by atoms with van der Waals surface area (Å²) < 4.78 is 5.67. The molecular formula is C16H17N3O2S2. The molecule has 0 fully saturated rings. The van der Waals surface area contributed by atoms with Gasteiger partial charge in [0.25, 0.3) is 5.91 Å². The molecule has 3 rings (SSSR count). The van der Waals surface area contributed by atoms with E-state index in [1.807, 2.05) is 31.4 Å². The predicted octanol–water partition coefficient (Wildman–Crippen LogP) is 3.49. The lowest BCUT2D eigenvalue weighted by Crippen LogP contribution is -2.18. The average molecular weight is 347 g/mol. The van der Waals surface area contributed by atoms with Crippen LogP contribution in [0.3, 0.4) is 0 Å². The smallest absolute Gasteiger partial charge is 0.291 e. The Bertz CT molecular complexity index is 728. The van der Waals surface area contributed by atoms with Gasteiger partial charge < -0.3 is 10.1 Å². The first-order valence-corrected chi connectivity index (χ1v) is 9.43. The van der Waals surface area contributed by atoms with Crippen molar-refractivity contribution >= 4 is 34.0 Å². The van der Waals surface area contributed by atoms with Crippen molar-refractivity contribution in [2.24, 2.45) is 0 Å². The van der Waals surface area contributed by atoms with E-state index in [1.165, 1.54) is 11.3 Å². The maximum atomic E-state index is 12.3. The third-order valence-electron chi connectivity index (χ3n) is 3.37. The Labute approximate surface area is 143 Å². The van der Waals surface area contributed by atoms with Crippen LogP contribution in [0.2, 0.25) is 0 Å². The Hall–Kier alpha value is -1.86. The molecule has 2 aromatic heterocycles. The zero-order valence-electron chi connectivity index (χ0n) is 12.9. The second-order valence-electron chi connectivity index (χ2n) is 5.13. The van der Waals surface area contributed by atoms with Crippen LogP contribution >= 0.6 is 23.1 Å². The summed E-state index contributed by atoms with van der Waals surface area (Å²) in [5.41, 5.74) is 1.74. The van der Waals surface area contributed by atoms with Crippen LogP contribution in [0.5, 0.6) is 0 Å². The molecule has 1 N–H and O–H groups in total. The summed E-state index contributed by atoms with van der Waals surface area (Å²) in [6.07, 6.45) is 8.25. The third kappa shape index (κ3) is 3.73. The number of carbonyl (C=O) groups excluding carboxylic acids is 1. The number of anilines is 1. The number of ether oxygens (including phenoxy) is 1. The van der Waals surface area contributed by atoms with Crippen LogP contribution in [0, 0.1) is 6.92 Å². The highest BCUT2D eigenvalue weighted by molar-refractivity contribution is 7.98. The molecule has 0 spiro atoms. The lowest BCUT2D eigenvalue weighted by molar-refractivity contribution is -0.116. The Kier molecular flexibility index (Phi) is 4.97. The van der Waals surface area contributed by atoms with E-state index in [0.717, 1.165) is 33.4 Å². The van der Waals surface area contributed by atoms with Gasteiger partial charge in [0.05, 0.1) is 5.69 Å². The molecule has 7 heteroatoms. The SMILES string of the molecule is CSCC1CC=C(C(=O)Nc2sc(-c3cccnc3)nc2C)O1. The second kappa shape index (κ2) is 7.14. The molecule has 0 aliphatic carbocycles. The zero-order chi connectivity index (χ0) is 16.2. The molecule has 3 heterocycles. The van der Waals surface area contributed by atoms with Crippen LogP contribution in [0.25, 0.3) is 10.6 Å². The van der Waals surface area contributed by atoms with E-state index >= 15 is 0 Å². The Morgan fingerprint density at radius 1 is 1.57 bits per heavy atom. The molecular weight excluding hydrogens is 330 g/mol. The van der Waals surface area contributed by atoms with E-state index in [-0.39, 0.29) is 12.0 Å². The van der Waals surface area contributed by atoms with E-state index < -0.39 is 0 Å². The number of aromatic nitrogens is 2. The van der Waals surface area contributed by atoms with Gasteiger partial charge in [0, 0.05) is 30.1 Å². The van der Waals surface area contributed by atoms with Crippen LogP contribution in [0.4, 0.5) is 5.00 Å². The minimum Gasteiger partial charge on any atom is -0.484 e. The van der Waals surface area contributed by atoms with E-state index in [0.29, 0.717) is 5.76 Å². The number of thiazole rings is 1. The normalized spacial score (nSPS) is 16.8. The minimum absolute atomic E-state index is 0.0965. The lowest BCUT2D eigenvalue weighted by atomic mass is 10.3. The minimum atomic E-state index is -0.210. The topological polar surface area (TPSA) is 64.1 Å². The number of rotatable bonds is 5. The average Bonchev–Trinajstić information content (AvgIpc) is 3.16. The summed E-state index contributed by atoms with van der Waals surface area (Å²) in [5.74, 6) is 1.08. The maximum Gasteiger partial charge on any atom is 0.291 e. The summed E-state index contributed by atoms with van der Waals surface area (Å²) in [6, 6.07) is 3.82. The molecule has 0 saturated carbocycles. The van der Waals surface area contributed by atoms with Gasteiger partial charge in [0.1, 0.15) is 16.1 Å². The summed E-state index contributed by atoms with van der Waals surface area (Å²) in [4.78, 5) is 20.9. The number of nitrogens with one attached hydrogen (secondary N) is 1. The summed E-state index contributed by atoms with van der Waals surface area (Å²) in [6.45, 7) is 1.88. The zero-order valence-corrected chi connectivity index (χ0v) is 14.5. The quantitative estimate of drug-likeness (QED) is 0.897. The van der Waals surface area contributed by atoms with E-state index in [4.69, 9.17) is 4.74 Å². The first-order chi connectivity index (χ1) is 11.2. The number of amides is 1. The van der Waals surface area contributed by atoms with Crippen molar-refractivity contribution in [1.82, 2.24) is 9.97 Å². The second-order valence-corrected chi connectivity index (χ2v) is 7.04. The monoisotopic (exact) mass is 347 g/mol. The molecule has 0 saturated heterocycles. The molecule has 0 aromatic carbocycles. The first kappa shape index (κ1) is 16.0. The Morgan fingerprint density at radius 2 is 2.43 bits per heavy atom. The first-order valence-electron chi connectivity index (χ1n) is 7.22. The van der Waals surface area contributed by atoms with Crippen molar-refractivity contribution in [2.75, 3.05) is 17.3 Å². The van der Waals surface area contributed by atoms with Crippen molar-refractivity contribution in [2.45, 2.75) is 19.4 Å². The molecule has 1 unspecified atom stereocenters.